The molecule has 114 valence electrons. The van der Waals surface area contributed by atoms with Gasteiger partial charge in [0.1, 0.15) is 6.04 Å². The molecule has 2 aliphatic rings. The molecule has 3 atom stereocenters. The van der Waals surface area contributed by atoms with Crippen molar-refractivity contribution < 1.29 is 14.7 Å². The Kier molecular flexibility index (Phi) is 3.84. The first-order valence-corrected chi connectivity index (χ1v) is 7.61. The Morgan fingerprint density at radius 1 is 1.36 bits per heavy atom. The van der Waals surface area contributed by atoms with Crippen molar-refractivity contribution in [1.29, 1.82) is 5.26 Å². The highest BCUT2D eigenvalue weighted by molar-refractivity contribution is 5.97. The lowest BCUT2D eigenvalue weighted by atomic mass is 9.94. The van der Waals surface area contributed by atoms with Crippen LogP contribution in [0.25, 0.3) is 0 Å². The number of carboxylic acid groups (broad SMARTS) is 1. The zero-order chi connectivity index (χ0) is 15.7. The second-order valence-electron chi connectivity index (χ2n) is 6.13. The van der Waals surface area contributed by atoms with Gasteiger partial charge >= 0.3 is 5.97 Å². The Bertz CT molecular complexity index is 650. The van der Waals surface area contributed by atoms with Gasteiger partial charge in [0.15, 0.2) is 0 Å². The van der Waals surface area contributed by atoms with Crippen LogP contribution in [0.3, 0.4) is 0 Å². The smallest absolute Gasteiger partial charge is 0.326 e. The molecule has 5 heteroatoms. The second kappa shape index (κ2) is 5.80. The molecule has 0 spiro atoms. The number of benzene rings is 1. The molecule has 1 N–H and O–H groups in total. The first kappa shape index (κ1) is 14.6. The average molecular weight is 298 g/mol. The van der Waals surface area contributed by atoms with Gasteiger partial charge in [-0.2, -0.15) is 5.26 Å². The molecule has 0 radical (unpaired) electrons. The average Bonchev–Trinajstić information content (AvgIpc) is 3.07. The summed E-state index contributed by atoms with van der Waals surface area (Å²) >= 11 is 0. The zero-order valence-corrected chi connectivity index (χ0v) is 12.2. The van der Waals surface area contributed by atoms with Crippen molar-refractivity contribution in [2.45, 2.75) is 31.7 Å². The fraction of sp³-hybridized carbons (Fsp3) is 0.471. The van der Waals surface area contributed by atoms with Crippen molar-refractivity contribution in [2.75, 3.05) is 6.54 Å². The normalized spacial score (nSPS) is 26.5. The van der Waals surface area contributed by atoms with E-state index in [2.05, 4.69) is 6.07 Å². The van der Waals surface area contributed by atoms with E-state index in [1.165, 1.54) is 4.90 Å². The van der Waals surface area contributed by atoms with E-state index in [4.69, 9.17) is 5.26 Å². The molecule has 1 aliphatic heterocycles. The van der Waals surface area contributed by atoms with Gasteiger partial charge in [-0.25, -0.2) is 4.79 Å². The number of nitriles is 1. The van der Waals surface area contributed by atoms with Crippen LogP contribution in [0.4, 0.5) is 0 Å². The number of carbonyl (C=O) groups excluding carboxylic acids is 1. The maximum atomic E-state index is 12.7. The number of carbonyl (C=O) groups is 2. The van der Waals surface area contributed by atoms with Crippen LogP contribution >= 0.6 is 0 Å². The van der Waals surface area contributed by atoms with E-state index in [-0.39, 0.29) is 18.2 Å². The van der Waals surface area contributed by atoms with Crippen molar-refractivity contribution in [3.63, 3.8) is 0 Å². The highest BCUT2D eigenvalue weighted by Crippen LogP contribution is 2.42. The van der Waals surface area contributed by atoms with Gasteiger partial charge in [0.05, 0.1) is 12.5 Å². The van der Waals surface area contributed by atoms with Gasteiger partial charge in [-0.3, -0.25) is 4.79 Å². The number of likely N-dealkylation sites (tertiary alicyclic amines) is 1. The first-order chi connectivity index (χ1) is 10.6. The first-order valence-electron chi connectivity index (χ1n) is 7.61. The Balaban J connectivity index is 1.86. The largest absolute Gasteiger partial charge is 0.480 e. The third-order valence-corrected chi connectivity index (χ3v) is 4.86. The molecule has 1 saturated heterocycles. The molecule has 1 saturated carbocycles. The van der Waals surface area contributed by atoms with Crippen molar-refractivity contribution >= 4 is 11.9 Å². The minimum absolute atomic E-state index is 0.0868. The van der Waals surface area contributed by atoms with Gasteiger partial charge in [0.25, 0.3) is 5.91 Å². The molecule has 3 rings (SSSR count). The Labute approximate surface area is 129 Å². The maximum absolute atomic E-state index is 12.7. The lowest BCUT2D eigenvalue weighted by Crippen LogP contribution is -2.43. The van der Waals surface area contributed by atoms with Gasteiger partial charge in [-0.1, -0.05) is 18.6 Å². The van der Waals surface area contributed by atoms with E-state index in [9.17, 15) is 14.7 Å². The standard InChI is InChI=1S/C17H18N2O3/c18-8-7-11-3-1-4-12(9-11)16(20)19-10-13-5-2-6-14(13)15(19)17(21)22/h1,3-4,9,13-15H,2,5-7,10H2,(H,21,22)/t13-,14+,15-/m0/s1. The van der Waals surface area contributed by atoms with Crippen LogP contribution < -0.4 is 0 Å². The fourth-order valence-corrected chi connectivity index (χ4v) is 3.90. The van der Waals surface area contributed by atoms with Crippen LogP contribution in [-0.2, 0) is 11.2 Å². The van der Waals surface area contributed by atoms with E-state index in [0.29, 0.717) is 18.0 Å². The number of fused-ring (bicyclic) bond motifs is 1. The SMILES string of the molecule is N#CCc1cccc(C(=O)N2C[C@@H]3CCC[C@H]3[C@H]2C(=O)O)c1. The molecule has 1 aliphatic carbocycles. The molecule has 22 heavy (non-hydrogen) atoms. The number of hydrogen-bond acceptors (Lipinski definition) is 3. The monoisotopic (exact) mass is 298 g/mol. The molecule has 1 aromatic rings. The molecular formula is C17H18N2O3. The Hall–Kier alpha value is -2.35. The van der Waals surface area contributed by atoms with Crippen LogP contribution in [0.15, 0.2) is 24.3 Å². The van der Waals surface area contributed by atoms with E-state index in [1.54, 1.807) is 24.3 Å². The summed E-state index contributed by atoms with van der Waals surface area (Å²) in [5.41, 5.74) is 1.25. The number of carboxylic acids is 1. The third-order valence-electron chi connectivity index (χ3n) is 4.86. The maximum Gasteiger partial charge on any atom is 0.326 e. The molecule has 1 heterocycles. The van der Waals surface area contributed by atoms with Crippen molar-refractivity contribution in [1.82, 2.24) is 4.90 Å². The topological polar surface area (TPSA) is 81.4 Å². The quantitative estimate of drug-likeness (QED) is 0.926. The summed E-state index contributed by atoms with van der Waals surface area (Å²) in [5.74, 6) is -0.742. The molecule has 1 aromatic carbocycles. The zero-order valence-electron chi connectivity index (χ0n) is 12.2. The minimum Gasteiger partial charge on any atom is -0.480 e. The number of amides is 1. The van der Waals surface area contributed by atoms with Gasteiger partial charge in [0.2, 0.25) is 0 Å². The van der Waals surface area contributed by atoms with E-state index < -0.39 is 12.0 Å². The Morgan fingerprint density at radius 3 is 2.91 bits per heavy atom. The summed E-state index contributed by atoms with van der Waals surface area (Å²) in [4.78, 5) is 25.9. The number of aliphatic carboxylic acids is 1. The predicted molar refractivity (Wildman–Crippen MR) is 79.1 cm³/mol. The lowest BCUT2D eigenvalue weighted by molar-refractivity contribution is -0.142. The summed E-state index contributed by atoms with van der Waals surface area (Å²) < 4.78 is 0. The van der Waals surface area contributed by atoms with Crippen LogP contribution in [0.2, 0.25) is 0 Å². The summed E-state index contributed by atoms with van der Waals surface area (Å²) in [6.07, 6.45) is 3.19. The van der Waals surface area contributed by atoms with E-state index in [0.717, 1.165) is 24.8 Å². The van der Waals surface area contributed by atoms with Gasteiger partial charge in [-0.15, -0.1) is 0 Å². The number of hydrogen-bond donors (Lipinski definition) is 1. The van der Waals surface area contributed by atoms with E-state index >= 15 is 0 Å². The molecule has 0 unspecified atom stereocenters. The van der Waals surface area contributed by atoms with Crippen molar-refractivity contribution in [3.05, 3.63) is 35.4 Å². The number of rotatable bonds is 3. The molecule has 5 nitrogen and oxygen atoms in total. The summed E-state index contributed by atoms with van der Waals surface area (Å²) in [6.45, 7) is 0.531. The lowest BCUT2D eigenvalue weighted by Gasteiger charge is -2.24. The molecule has 2 fully saturated rings. The molecular weight excluding hydrogens is 280 g/mol. The van der Waals surface area contributed by atoms with Crippen LogP contribution in [0.5, 0.6) is 0 Å². The van der Waals surface area contributed by atoms with Gasteiger partial charge < -0.3 is 10.0 Å². The fourth-order valence-electron chi connectivity index (χ4n) is 3.90. The highest BCUT2D eigenvalue weighted by atomic mass is 16.4. The van der Waals surface area contributed by atoms with Crippen molar-refractivity contribution in [2.24, 2.45) is 11.8 Å². The molecule has 1 amide bonds. The summed E-state index contributed by atoms with van der Waals surface area (Å²) in [6, 6.07) is 8.28. The number of nitrogens with zero attached hydrogens (tertiary/aromatic N) is 2. The third kappa shape index (κ3) is 2.45. The van der Waals surface area contributed by atoms with E-state index in [1.807, 2.05) is 0 Å². The van der Waals surface area contributed by atoms with Crippen LogP contribution in [0, 0.1) is 23.2 Å². The van der Waals surface area contributed by atoms with Gasteiger partial charge in [0, 0.05) is 12.1 Å². The predicted octanol–water partition coefficient (Wildman–Crippen LogP) is 2.08. The van der Waals surface area contributed by atoms with Crippen LogP contribution in [0.1, 0.15) is 35.2 Å². The minimum atomic E-state index is -0.907. The Morgan fingerprint density at radius 2 is 2.18 bits per heavy atom. The molecule has 0 aromatic heterocycles. The van der Waals surface area contributed by atoms with Gasteiger partial charge in [-0.05, 0) is 42.4 Å². The highest BCUT2D eigenvalue weighted by Gasteiger charge is 2.49. The van der Waals surface area contributed by atoms with Crippen LogP contribution in [-0.4, -0.2) is 34.5 Å². The second-order valence-corrected chi connectivity index (χ2v) is 6.13. The summed E-state index contributed by atoms with van der Waals surface area (Å²) in [7, 11) is 0. The summed E-state index contributed by atoms with van der Waals surface area (Å²) in [5, 5.41) is 18.3. The molecule has 0 bridgehead atoms. The van der Waals surface area contributed by atoms with Crippen molar-refractivity contribution in [3.8, 4) is 6.07 Å².